The molecule has 1 heterocycles. The van der Waals surface area contributed by atoms with Crippen LogP contribution in [-0.4, -0.2) is 22.1 Å². The van der Waals surface area contributed by atoms with E-state index in [1.807, 2.05) is 42.5 Å². The van der Waals surface area contributed by atoms with Crippen molar-refractivity contribution in [2.75, 3.05) is 6.61 Å². The van der Waals surface area contributed by atoms with E-state index in [2.05, 4.69) is 4.98 Å². The van der Waals surface area contributed by atoms with Crippen molar-refractivity contribution < 1.29 is 14.3 Å². The van der Waals surface area contributed by atoms with Crippen molar-refractivity contribution in [1.82, 2.24) is 9.55 Å². The number of esters is 1. The van der Waals surface area contributed by atoms with Crippen molar-refractivity contribution >= 4 is 16.9 Å². The van der Waals surface area contributed by atoms with Gasteiger partial charge in [0, 0.05) is 6.54 Å². The average Bonchev–Trinajstić information content (AvgIpc) is 2.83. The highest BCUT2D eigenvalue weighted by Gasteiger charge is 2.08. The van der Waals surface area contributed by atoms with Gasteiger partial charge in [-0.05, 0) is 48.4 Å². The molecule has 6 nitrogen and oxygen atoms in total. The van der Waals surface area contributed by atoms with Gasteiger partial charge >= 0.3 is 5.97 Å². The average molecular weight is 414 g/mol. The Morgan fingerprint density at radius 1 is 0.903 bits per heavy atom. The van der Waals surface area contributed by atoms with Crippen molar-refractivity contribution in [2.45, 2.75) is 19.6 Å². The Morgan fingerprint density at radius 2 is 1.65 bits per heavy atom. The molecule has 0 aliphatic rings. The predicted octanol–water partition coefficient (Wildman–Crippen LogP) is 4.22. The van der Waals surface area contributed by atoms with Crippen LogP contribution in [0.15, 0.2) is 90.0 Å². The molecule has 0 aliphatic carbocycles. The smallest absolute Gasteiger partial charge is 0.338 e. The number of hydrogen-bond acceptors (Lipinski definition) is 5. The van der Waals surface area contributed by atoms with E-state index in [0.717, 1.165) is 5.56 Å². The van der Waals surface area contributed by atoms with E-state index in [1.54, 1.807) is 36.4 Å². The third-order valence-corrected chi connectivity index (χ3v) is 4.85. The fourth-order valence-electron chi connectivity index (χ4n) is 3.18. The van der Waals surface area contributed by atoms with E-state index >= 15 is 0 Å². The maximum atomic E-state index is 12.5. The first-order valence-electron chi connectivity index (χ1n) is 10.1. The molecule has 3 aromatic carbocycles. The van der Waals surface area contributed by atoms with E-state index in [9.17, 15) is 9.59 Å². The summed E-state index contributed by atoms with van der Waals surface area (Å²) in [4.78, 5) is 29.0. The first-order valence-corrected chi connectivity index (χ1v) is 10.1. The number of rotatable bonds is 8. The van der Waals surface area contributed by atoms with Crippen molar-refractivity contribution in [3.05, 3.63) is 107 Å². The summed E-state index contributed by atoms with van der Waals surface area (Å²) in [6.45, 7) is 1.11. The third-order valence-electron chi connectivity index (χ3n) is 4.85. The number of para-hydroxylation sites is 1. The zero-order valence-electron chi connectivity index (χ0n) is 16.9. The minimum absolute atomic E-state index is 0.0944. The zero-order chi connectivity index (χ0) is 21.5. The summed E-state index contributed by atoms with van der Waals surface area (Å²) in [7, 11) is 0. The largest absolute Gasteiger partial charge is 0.489 e. The van der Waals surface area contributed by atoms with Gasteiger partial charge in [0.25, 0.3) is 5.56 Å². The van der Waals surface area contributed by atoms with E-state index in [4.69, 9.17) is 9.47 Å². The Morgan fingerprint density at radius 3 is 2.45 bits per heavy atom. The maximum Gasteiger partial charge on any atom is 0.338 e. The van der Waals surface area contributed by atoms with E-state index in [1.165, 1.54) is 10.9 Å². The summed E-state index contributed by atoms with van der Waals surface area (Å²) in [5.41, 5.74) is 2.11. The van der Waals surface area contributed by atoms with Gasteiger partial charge in [-0.25, -0.2) is 9.78 Å². The summed E-state index contributed by atoms with van der Waals surface area (Å²) < 4.78 is 12.6. The van der Waals surface area contributed by atoms with Gasteiger partial charge in [-0.2, -0.15) is 0 Å². The van der Waals surface area contributed by atoms with Crippen LogP contribution in [0.2, 0.25) is 0 Å². The van der Waals surface area contributed by atoms with Crippen LogP contribution in [0.5, 0.6) is 5.75 Å². The van der Waals surface area contributed by atoms with Gasteiger partial charge in [0.1, 0.15) is 12.4 Å². The SMILES string of the molecule is O=C(OCCCn1cnc2ccccc2c1=O)c1ccc(OCc2ccccc2)cc1. The van der Waals surface area contributed by atoms with Crippen molar-refractivity contribution in [1.29, 1.82) is 0 Å². The second-order valence-electron chi connectivity index (χ2n) is 7.05. The summed E-state index contributed by atoms with van der Waals surface area (Å²) in [6, 6.07) is 24.0. The Balaban J connectivity index is 1.25. The highest BCUT2D eigenvalue weighted by Crippen LogP contribution is 2.15. The molecule has 0 N–H and O–H groups in total. The van der Waals surface area contributed by atoms with E-state index in [-0.39, 0.29) is 12.2 Å². The molecule has 4 rings (SSSR count). The Kier molecular flexibility index (Phi) is 6.38. The number of carbonyl (C=O) groups excluding carboxylic acids is 1. The molecule has 0 fully saturated rings. The molecule has 4 aromatic rings. The molecule has 0 spiro atoms. The molecule has 0 atom stereocenters. The van der Waals surface area contributed by atoms with Crippen LogP contribution in [0.4, 0.5) is 0 Å². The van der Waals surface area contributed by atoms with Gasteiger partial charge in [0.05, 0.1) is 29.4 Å². The molecule has 0 bridgehead atoms. The molecule has 156 valence electrons. The number of hydrogen-bond donors (Lipinski definition) is 0. The lowest BCUT2D eigenvalue weighted by molar-refractivity contribution is 0.0495. The molecule has 31 heavy (non-hydrogen) atoms. The van der Waals surface area contributed by atoms with Crippen LogP contribution in [0, 0.1) is 0 Å². The molecule has 0 saturated heterocycles. The quantitative estimate of drug-likeness (QED) is 0.319. The molecule has 0 unspecified atom stereocenters. The van der Waals surface area contributed by atoms with Crippen LogP contribution >= 0.6 is 0 Å². The van der Waals surface area contributed by atoms with Crippen molar-refractivity contribution in [3.8, 4) is 5.75 Å². The molecular formula is C25H22N2O4. The van der Waals surface area contributed by atoms with Crippen LogP contribution < -0.4 is 10.3 Å². The van der Waals surface area contributed by atoms with Crippen LogP contribution in [-0.2, 0) is 17.9 Å². The Bertz CT molecular complexity index is 1220. The number of aromatic nitrogens is 2. The fraction of sp³-hybridized carbons (Fsp3) is 0.160. The standard InChI is InChI=1S/C25H22N2O4/c28-24-22-9-4-5-10-23(22)26-18-27(24)15-6-16-30-25(29)20-11-13-21(14-12-20)31-17-19-7-2-1-3-8-19/h1-5,7-14,18H,6,15-17H2. The normalized spacial score (nSPS) is 10.7. The lowest BCUT2D eigenvalue weighted by atomic mass is 10.2. The molecule has 0 amide bonds. The summed E-state index contributed by atoms with van der Waals surface area (Å²) >= 11 is 0. The van der Waals surface area contributed by atoms with E-state index in [0.29, 0.717) is 41.8 Å². The second-order valence-corrected chi connectivity index (χ2v) is 7.05. The number of carbonyl (C=O) groups is 1. The van der Waals surface area contributed by atoms with Gasteiger partial charge in [0.15, 0.2) is 0 Å². The second kappa shape index (κ2) is 9.71. The van der Waals surface area contributed by atoms with Gasteiger partial charge in [-0.3, -0.25) is 9.36 Å². The molecule has 1 aromatic heterocycles. The highest BCUT2D eigenvalue weighted by molar-refractivity contribution is 5.89. The summed E-state index contributed by atoms with van der Waals surface area (Å²) in [6.07, 6.45) is 2.05. The molecule has 6 heteroatoms. The Labute approximate surface area is 179 Å². The van der Waals surface area contributed by atoms with Crippen LogP contribution in [0.1, 0.15) is 22.3 Å². The lowest BCUT2D eigenvalue weighted by Gasteiger charge is -2.09. The molecule has 0 aliphatic heterocycles. The Hall–Kier alpha value is -3.93. The first kappa shape index (κ1) is 20.3. The molecule has 0 saturated carbocycles. The number of aryl methyl sites for hydroxylation is 1. The fourth-order valence-corrected chi connectivity index (χ4v) is 3.18. The number of benzene rings is 3. The number of nitrogens with zero attached hydrogens (tertiary/aromatic N) is 2. The topological polar surface area (TPSA) is 70.4 Å². The predicted molar refractivity (Wildman–Crippen MR) is 118 cm³/mol. The summed E-state index contributed by atoms with van der Waals surface area (Å²) in [5.74, 6) is 0.280. The van der Waals surface area contributed by atoms with Gasteiger partial charge < -0.3 is 9.47 Å². The first-order chi connectivity index (χ1) is 15.2. The molecule has 0 radical (unpaired) electrons. The number of fused-ring (bicyclic) bond motifs is 1. The van der Waals surface area contributed by atoms with Crippen LogP contribution in [0.3, 0.4) is 0 Å². The third kappa shape index (κ3) is 5.17. The minimum Gasteiger partial charge on any atom is -0.489 e. The highest BCUT2D eigenvalue weighted by atomic mass is 16.5. The number of ether oxygens (including phenoxy) is 2. The molecular weight excluding hydrogens is 392 g/mol. The van der Waals surface area contributed by atoms with Gasteiger partial charge in [-0.1, -0.05) is 42.5 Å². The van der Waals surface area contributed by atoms with Crippen molar-refractivity contribution in [2.24, 2.45) is 0 Å². The van der Waals surface area contributed by atoms with Gasteiger partial charge in [0.2, 0.25) is 0 Å². The van der Waals surface area contributed by atoms with Gasteiger partial charge in [-0.15, -0.1) is 0 Å². The zero-order valence-corrected chi connectivity index (χ0v) is 16.9. The minimum atomic E-state index is -0.404. The van der Waals surface area contributed by atoms with Crippen LogP contribution in [0.25, 0.3) is 10.9 Å². The van der Waals surface area contributed by atoms with E-state index < -0.39 is 5.97 Å². The van der Waals surface area contributed by atoms with Crippen molar-refractivity contribution in [3.63, 3.8) is 0 Å². The maximum absolute atomic E-state index is 12.5. The monoisotopic (exact) mass is 414 g/mol. The lowest BCUT2D eigenvalue weighted by Crippen LogP contribution is -2.21. The summed E-state index contributed by atoms with van der Waals surface area (Å²) in [5, 5.41) is 0.580.